The molecular weight excluding hydrogens is 518 g/mol. The number of aliphatic imine (C=N–C) groups is 1. The normalized spacial score (nSPS) is 14.6. The lowest BCUT2D eigenvalue weighted by molar-refractivity contribution is -0.130. The molecule has 0 saturated carbocycles. The molecule has 150 valence electrons. The second-order valence-corrected chi connectivity index (χ2v) is 8.04. The minimum absolute atomic E-state index is 0.109. The van der Waals surface area contributed by atoms with Crippen LogP contribution in [-0.4, -0.2) is 17.8 Å². The summed E-state index contributed by atoms with van der Waals surface area (Å²) in [6.45, 7) is 1.84. The number of carbonyl (C=O) groups is 2. The summed E-state index contributed by atoms with van der Waals surface area (Å²) < 4.78 is 17.0. The maximum absolute atomic E-state index is 12.5. The van der Waals surface area contributed by atoms with Gasteiger partial charge in [0.1, 0.15) is 0 Å². The van der Waals surface area contributed by atoms with E-state index in [-0.39, 0.29) is 11.6 Å². The SMILES string of the molecule is Cc1ccccc1C(=O)Oc1c(Br)cc(/C=C2\N=C(c3ccco3)OC2=O)cc1Br. The molecule has 3 aromatic rings. The Morgan fingerprint density at radius 2 is 1.83 bits per heavy atom. The molecule has 0 radical (unpaired) electrons. The number of halogens is 2. The monoisotopic (exact) mass is 529 g/mol. The van der Waals surface area contributed by atoms with Gasteiger partial charge in [-0.05, 0) is 86.3 Å². The van der Waals surface area contributed by atoms with Gasteiger partial charge in [-0.1, -0.05) is 18.2 Å². The van der Waals surface area contributed by atoms with Crippen LogP contribution in [0, 0.1) is 6.92 Å². The largest absolute Gasteiger partial charge is 0.459 e. The zero-order chi connectivity index (χ0) is 21.3. The standard InChI is InChI=1S/C22H13Br2NO5/c1-12-5-2-3-6-14(12)21(26)29-19-15(23)9-13(10-16(19)24)11-17-22(27)30-20(25-17)18-7-4-8-28-18/h2-11H,1H3/b17-11-. The van der Waals surface area contributed by atoms with Gasteiger partial charge in [-0.15, -0.1) is 0 Å². The van der Waals surface area contributed by atoms with Crippen LogP contribution in [0.2, 0.25) is 0 Å². The topological polar surface area (TPSA) is 78.1 Å². The van der Waals surface area contributed by atoms with Crippen molar-refractivity contribution in [3.05, 3.63) is 91.9 Å². The van der Waals surface area contributed by atoms with Crippen LogP contribution in [0.5, 0.6) is 5.75 Å². The Morgan fingerprint density at radius 3 is 2.50 bits per heavy atom. The summed E-state index contributed by atoms with van der Waals surface area (Å²) in [6, 6.07) is 13.9. The van der Waals surface area contributed by atoms with Gasteiger partial charge in [0.05, 0.1) is 20.8 Å². The van der Waals surface area contributed by atoms with Gasteiger partial charge in [0.25, 0.3) is 5.90 Å². The fourth-order valence-corrected chi connectivity index (χ4v) is 4.17. The van der Waals surface area contributed by atoms with Crippen molar-refractivity contribution >= 4 is 55.8 Å². The summed E-state index contributed by atoms with van der Waals surface area (Å²) in [5, 5.41) is 0. The first-order chi connectivity index (χ1) is 14.4. The second kappa shape index (κ2) is 8.41. The summed E-state index contributed by atoms with van der Waals surface area (Å²) in [5.74, 6) is -0.235. The summed E-state index contributed by atoms with van der Waals surface area (Å²) in [7, 11) is 0. The number of furan rings is 1. The molecule has 0 spiro atoms. The molecule has 1 aromatic heterocycles. The first-order valence-electron chi connectivity index (χ1n) is 8.75. The minimum Gasteiger partial charge on any atom is -0.459 e. The molecule has 30 heavy (non-hydrogen) atoms. The van der Waals surface area contributed by atoms with Crippen molar-refractivity contribution in [1.29, 1.82) is 0 Å². The Morgan fingerprint density at radius 1 is 1.10 bits per heavy atom. The summed E-state index contributed by atoms with van der Waals surface area (Å²) in [4.78, 5) is 28.8. The van der Waals surface area contributed by atoms with E-state index in [1.165, 1.54) is 6.26 Å². The van der Waals surface area contributed by atoms with Gasteiger partial charge in [-0.25, -0.2) is 14.6 Å². The quantitative estimate of drug-likeness (QED) is 0.246. The van der Waals surface area contributed by atoms with Crippen LogP contribution in [-0.2, 0) is 9.53 Å². The number of nitrogens with zero attached hydrogens (tertiary/aromatic N) is 1. The van der Waals surface area contributed by atoms with E-state index < -0.39 is 11.9 Å². The van der Waals surface area contributed by atoms with Crippen LogP contribution >= 0.6 is 31.9 Å². The maximum atomic E-state index is 12.5. The maximum Gasteiger partial charge on any atom is 0.363 e. The molecule has 0 atom stereocenters. The average Bonchev–Trinajstić information content (AvgIpc) is 3.35. The van der Waals surface area contributed by atoms with Gasteiger partial charge in [0.2, 0.25) is 0 Å². The van der Waals surface area contributed by atoms with E-state index in [1.807, 2.05) is 19.1 Å². The highest BCUT2D eigenvalue weighted by atomic mass is 79.9. The molecule has 0 unspecified atom stereocenters. The van der Waals surface area contributed by atoms with Crippen molar-refractivity contribution in [2.75, 3.05) is 0 Å². The molecule has 4 rings (SSSR count). The molecule has 0 bridgehead atoms. The van der Waals surface area contributed by atoms with E-state index >= 15 is 0 Å². The van der Waals surface area contributed by atoms with Crippen molar-refractivity contribution < 1.29 is 23.5 Å². The highest BCUT2D eigenvalue weighted by molar-refractivity contribution is 9.11. The zero-order valence-electron chi connectivity index (χ0n) is 15.5. The predicted octanol–water partition coefficient (Wildman–Crippen LogP) is 5.68. The molecule has 6 nitrogen and oxygen atoms in total. The first-order valence-corrected chi connectivity index (χ1v) is 10.3. The number of carbonyl (C=O) groups excluding carboxylic acids is 2. The molecule has 0 amide bonds. The van der Waals surface area contributed by atoms with Crippen LogP contribution < -0.4 is 4.74 Å². The van der Waals surface area contributed by atoms with Crippen LogP contribution in [0.1, 0.15) is 27.2 Å². The Hall–Kier alpha value is -2.97. The van der Waals surface area contributed by atoms with E-state index in [1.54, 1.807) is 42.5 Å². The van der Waals surface area contributed by atoms with E-state index in [9.17, 15) is 9.59 Å². The lowest BCUT2D eigenvalue weighted by Crippen LogP contribution is -2.11. The van der Waals surface area contributed by atoms with Crippen LogP contribution in [0.15, 0.2) is 78.8 Å². The van der Waals surface area contributed by atoms with E-state index in [4.69, 9.17) is 13.9 Å². The van der Waals surface area contributed by atoms with Gasteiger partial charge >= 0.3 is 11.9 Å². The Labute approximate surface area is 188 Å². The average molecular weight is 531 g/mol. The summed E-state index contributed by atoms with van der Waals surface area (Å²) in [5.41, 5.74) is 2.09. The first kappa shape index (κ1) is 20.3. The lowest BCUT2D eigenvalue weighted by Gasteiger charge is -2.11. The van der Waals surface area contributed by atoms with Crippen molar-refractivity contribution in [1.82, 2.24) is 0 Å². The van der Waals surface area contributed by atoms with Gasteiger partial charge in [0.15, 0.2) is 17.2 Å². The molecule has 1 aliphatic heterocycles. The Bertz CT molecular complexity index is 1190. The molecule has 0 fully saturated rings. The van der Waals surface area contributed by atoms with Crippen molar-refractivity contribution in [3.63, 3.8) is 0 Å². The predicted molar refractivity (Wildman–Crippen MR) is 117 cm³/mol. The van der Waals surface area contributed by atoms with Crippen molar-refractivity contribution in [3.8, 4) is 5.75 Å². The minimum atomic E-state index is -0.580. The molecule has 8 heteroatoms. The number of ether oxygens (including phenoxy) is 2. The zero-order valence-corrected chi connectivity index (χ0v) is 18.7. The highest BCUT2D eigenvalue weighted by Gasteiger charge is 2.26. The highest BCUT2D eigenvalue weighted by Crippen LogP contribution is 2.36. The van der Waals surface area contributed by atoms with Gasteiger partial charge < -0.3 is 13.9 Å². The third kappa shape index (κ3) is 4.15. The van der Waals surface area contributed by atoms with Gasteiger partial charge in [0, 0.05) is 0 Å². The number of rotatable bonds is 4. The second-order valence-electron chi connectivity index (χ2n) is 6.33. The third-order valence-corrected chi connectivity index (χ3v) is 5.41. The molecule has 0 aliphatic carbocycles. The smallest absolute Gasteiger partial charge is 0.363 e. The molecule has 0 saturated heterocycles. The molecule has 1 aliphatic rings. The molecule has 0 N–H and O–H groups in total. The fraction of sp³-hybridized carbons (Fsp3) is 0.0455. The molecular formula is C22H13Br2NO5. The number of aryl methyl sites for hydroxylation is 1. The van der Waals surface area contributed by atoms with E-state index in [0.29, 0.717) is 31.6 Å². The third-order valence-electron chi connectivity index (χ3n) is 4.24. The van der Waals surface area contributed by atoms with Gasteiger partial charge in [-0.2, -0.15) is 0 Å². The number of hydrogen-bond donors (Lipinski definition) is 0. The van der Waals surface area contributed by atoms with Crippen molar-refractivity contribution in [2.45, 2.75) is 6.92 Å². The number of benzene rings is 2. The summed E-state index contributed by atoms with van der Waals surface area (Å²) >= 11 is 6.84. The lowest BCUT2D eigenvalue weighted by atomic mass is 10.1. The Kier molecular flexibility index (Phi) is 5.69. The summed E-state index contributed by atoms with van der Waals surface area (Å²) in [6.07, 6.45) is 3.04. The molecule has 2 heterocycles. The van der Waals surface area contributed by atoms with E-state index in [0.717, 1.165) is 5.56 Å². The number of cyclic esters (lactones) is 1. The fourth-order valence-electron chi connectivity index (χ4n) is 2.78. The van der Waals surface area contributed by atoms with Gasteiger partial charge in [-0.3, -0.25) is 0 Å². The van der Waals surface area contributed by atoms with Crippen molar-refractivity contribution in [2.24, 2.45) is 4.99 Å². The Balaban J connectivity index is 1.60. The molecule has 2 aromatic carbocycles. The van der Waals surface area contributed by atoms with Crippen LogP contribution in [0.4, 0.5) is 0 Å². The van der Waals surface area contributed by atoms with Crippen LogP contribution in [0.25, 0.3) is 6.08 Å². The number of hydrogen-bond acceptors (Lipinski definition) is 6. The van der Waals surface area contributed by atoms with Crippen LogP contribution in [0.3, 0.4) is 0 Å². The van der Waals surface area contributed by atoms with E-state index in [2.05, 4.69) is 36.9 Å². The number of esters is 2.